The van der Waals surface area contributed by atoms with Gasteiger partial charge in [0.2, 0.25) is 0 Å². The molecule has 0 aliphatic carbocycles. The van der Waals surface area contributed by atoms with Gasteiger partial charge in [-0.05, 0) is 74.0 Å². The zero-order chi connectivity index (χ0) is 28.5. The van der Waals surface area contributed by atoms with E-state index in [0.29, 0.717) is 22.7 Å². The van der Waals surface area contributed by atoms with Crippen LogP contribution in [-0.4, -0.2) is 26.5 Å². The minimum Gasteiger partial charge on any atom is -0.481 e. The van der Waals surface area contributed by atoms with Crippen LogP contribution in [-0.2, 0) is 11.0 Å². The monoisotopic (exact) mass is 546 g/mol. The van der Waals surface area contributed by atoms with Gasteiger partial charge in [0, 0.05) is 10.9 Å². The number of carbonyl (C=O) groups is 1. The standard InChI is InChI=1S/C31H25F3N2O4/c1-30(2,29(37)38)40-24-17-15-23(16-18-24)39-28(20-7-4-3-5-8-20)25-9-6-10-27-26(25)19-35-36(27)22-13-11-21(12-14-22)31(32,33)34/h3-19,28H,1-2H3,(H,37,38). The van der Waals surface area contributed by atoms with Crippen LogP contribution in [0.1, 0.15) is 36.6 Å². The van der Waals surface area contributed by atoms with Gasteiger partial charge in [-0.3, -0.25) is 0 Å². The Labute approximate surface area is 228 Å². The smallest absolute Gasteiger partial charge is 0.416 e. The summed E-state index contributed by atoms with van der Waals surface area (Å²) in [5, 5.41) is 14.6. The maximum atomic E-state index is 13.1. The first-order chi connectivity index (χ1) is 19.0. The molecule has 0 radical (unpaired) electrons. The number of aliphatic carboxylic acids is 1. The molecular formula is C31H25F3N2O4. The van der Waals surface area contributed by atoms with Crippen molar-refractivity contribution in [3.05, 3.63) is 120 Å². The number of carboxylic acids is 1. The van der Waals surface area contributed by atoms with Crippen molar-refractivity contribution in [1.29, 1.82) is 0 Å². The number of hydrogen-bond donors (Lipinski definition) is 1. The van der Waals surface area contributed by atoms with Gasteiger partial charge in [-0.1, -0.05) is 42.5 Å². The molecule has 0 aliphatic rings. The molecule has 0 saturated carbocycles. The third-order valence-corrected chi connectivity index (χ3v) is 6.44. The lowest BCUT2D eigenvalue weighted by molar-refractivity contribution is -0.152. The Morgan fingerprint density at radius 2 is 1.50 bits per heavy atom. The van der Waals surface area contributed by atoms with E-state index in [9.17, 15) is 23.1 Å². The second kappa shape index (κ2) is 10.4. The number of benzene rings is 4. The van der Waals surface area contributed by atoms with Crippen LogP contribution in [0, 0.1) is 0 Å². The maximum absolute atomic E-state index is 13.1. The molecule has 40 heavy (non-hydrogen) atoms. The summed E-state index contributed by atoms with van der Waals surface area (Å²) in [7, 11) is 0. The highest BCUT2D eigenvalue weighted by atomic mass is 19.4. The predicted octanol–water partition coefficient (Wildman–Crippen LogP) is 7.45. The van der Waals surface area contributed by atoms with Crippen LogP contribution < -0.4 is 9.47 Å². The van der Waals surface area contributed by atoms with E-state index in [1.807, 2.05) is 48.5 Å². The van der Waals surface area contributed by atoms with Gasteiger partial charge >= 0.3 is 12.1 Å². The van der Waals surface area contributed by atoms with Gasteiger partial charge in [0.15, 0.2) is 5.60 Å². The van der Waals surface area contributed by atoms with Crippen LogP contribution in [0.2, 0.25) is 0 Å². The molecule has 1 aromatic heterocycles. The number of fused-ring (bicyclic) bond motifs is 1. The fraction of sp³-hybridized carbons (Fsp3) is 0.161. The number of aromatic nitrogens is 2. The topological polar surface area (TPSA) is 73.6 Å². The first kappa shape index (κ1) is 26.8. The van der Waals surface area contributed by atoms with Crippen molar-refractivity contribution in [2.75, 3.05) is 0 Å². The lowest BCUT2D eigenvalue weighted by Gasteiger charge is -2.23. The van der Waals surface area contributed by atoms with Gasteiger partial charge < -0.3 is 14.6 Å². The molecule has 0 saturated heterocycles. The van der Waals surface area contributed by atoms with E-state index in [2.05, 4.69) is 5.10 Å². The van der Waals surface area contributed by atoms with Crippen molar-refractivity contribution >= 4 is 16.9 Å². The minimum atomic E-state index is -4.42. The van der Waals surface area contributed by atoms with Crippen molar-refractivity contribution in [3.63, 3.8) is 0 Å². The Balaban J connectivity index is 1.50. The average Bonchev–Trinajstić information content (AvgIpc) is 3.37. The van der Waals surface area contributed by atoms with E-state index in [1.54, 1.807) is 35.1 Å². The highest BCUT2D eigenvalue weighted by Crippen LogP contribution is 2.35. The molecule has 0 bridgehead atoms. The van der Waals surface area contributed by atoms with Crippen molar-refractivity contribution in [3.8, 4) is 17.2 Å². The molecule has 1 N–H and O–H groups in total. The number of halogens is 3. The van der Waals surface area contributed by atoms with Crippen molar-refractivity contribution < 1.29 is 32.5 Å². The molecular weight excluding hydrogens is 521 g/mol. The van der Waals surface area contributed by atoms with E-state index in [4.69, 9.17) is 9.47 Å². The van der Waals surface area contributed by atoms with Gasteiger partial charge in [0.25, 0.3) is 0 Å². The van der Waals surface area contributed by atoms with Gasteiger partial charge in [-0.2, -0.15) is 18.3 Å². The van der Waals surface area contributed by atoms with Crippen molar-refractivity contribution in [2.24, 2.45) is 0 Å². The van der Waals surface area contributed by atoms with Crippen molar-refractivity contribution in [2.45, 2.75) is 31.7 Å². The summed E-state index contributed by atoms with van der Waals surface area (Å²) in [5.74, 6) is -0.167. The Morgan fingerprint density at radius 1 is 0.850 bits per heavy atom. The summed E-state index contributed by atoms with van der Waals surface area (Å²) in [6, 6.07) is 26.8. The number of alkyl halides is 3. The van der Waals surface area contributed by atoms with Gasteiger partial charge in [-0.15, -0.1) is 0 Å². The fourth-order valence-corrected chi connectivity index (χ4v) is 4.30. The summed E-state index contributed by atoms with van der Waals surface area (Å²) >= 11 is 0. The lowest BCUT2D eigenvalue weighted by Crippen LogP contribution is -2.37. The fourth-order valence-electron chi connectivity index (χ4n) is 4.30. The third-order valence-electron chi connectivity index (χ3n) is 6.44. The second-order valence-corrected chi connectivity index (χ2v) is 9.68. The maximum Gasteiger partial charge on any atom is 0.416 e. The Morgan fingerprint density at radius 3 is 2.12 bits per heavy atom. The molecule has 0 amide bonds. The molecule has 6 nitrogen and oxygen atoms in total. The molecule has 4 aromatic carbocycles. The van der Waals surface area contributed by atoms with Crippen LogP contribution in [0.4, 0.5) is 13.2 Å². The first-order valence-corrected chi connectivity index (χ1v) is 12.4. The van der Waals surface area contributed by atoms with Crippen molar-refractivity contribution in [1.82, 2.24) is 9.78 Å². The summed E-state index contributed by atoms with van der Waals surface area (Å²) in [6.45, 7) is 2.94. The first-order valence-electron chi connectivity index (χ1n) is 12.4. The largest absolute Gasteiger partial charge is 0.481 e. The Kier molecular flexibility index (Phi) is 6.97. The number of rotatable bonds is 8. The summed E-state index contributed by atoms with van der Waals surface area (Å²) < 4.78 is 52.8. The van der Waals surface area contributed by atoms with Gasteiger partial charge in [0.05, 0.1) is 23.0 Å². The predicted molar refractivity (Wildman–Crippen MR) is 144 cm³/mol. The number of nitrogens with zero attached hydrogens (tertiary/aromatic N) is 2. The molecule has 9 heteroatoms. The average molecular weight is 547 g/mol. The molecule has 0 spiro atoms. The van der Waals surface area contributed by atoms with Crippen LogP contribution in [0.3, 0.4) is 0 Å². The molecule has 0 fully saturated rings. The van der Waals surface area contributed by atoms with E-state index >= 15 is 0 Å². The number of ether oxygens (including phenoxy) is 2. The van der Waals surface area contributed by atoms with Gasteiger partial charge in [0.1, 0.15) is 17.6 Å². The Hall–Kier alpha value is -4.79. The highest BCUT2D eigenvalue weighted by molar-refractivity contribution is 5.84. The molecule has 1 heterocycles. The molecule has 5 aromatic rings. The summed E-state index contributed by atoms with van der Waals surface area (Å²) in [4.78, 5) is 11.4. The molecule has 204 valence electrons. The van der Waals surface area contributed by atoms with Crippen LogP contribution >= 0.6 is 0 Å². The highest BCUT2D eigenvalue weighted by Gasteiger charge is 2.31. The van der Waals surface area contributed by atoms with E-state index in [-0.39, 0.29) is 0 Å². The summed E-state index contributed by atoms with van der Waals surface area (Å²) in [6.07, 6.45) is -3.29. The van der Waals surface area contributed by atoms with E-state index in [0.717, 1.165) is 28.6 Å². The van der Waals surface area contributed by atoms with Crippen LogP contribution in [0.25, 0.3) is 16.6 Å². The quantitative estimate of drug-likeness (QED) is 0.219. The van der Waals surface area contributed by atoms with E-state index < -0.39 is 29.4 Å². The van der Waals surface area contributed by atoms with E-state index in [1.165, 1.54) is 26.0 Å². The third kappa shape index (κ3) is 5.49. The van der Waals surface area contributed by atoms with Crippen LogP contribution in [0.15, 0.2) is 103 Å². The SMILES string of the molecule is CC(C)(Oc1ccc(OC(c2ccccc2)c2cccc3c2cnn3-c2ccc(C(F)(F)F)cc2)cc1)C(=O)O. The molecule has 0 aliphatic heterocycles. The summed E-state index contributed by atoms with van der Waals surface area (Å²) in [5.41, 5.74) is 0.781. The van der Waals surface area contributed by atoms with Crippen LogP contribution in [0.5, 0.6) is 11.5 Å². The zero-order valence-corrected chi connectivity index (χ0v) is 21.6. The lowest BCUT2D eigenvalue weighted by atomic mass is 9.98. The zero-order valence-electron chi connectivity index (χ0n) is 21.6. The Bertz CT molecular complexity index is 1630. The second-order valence-electron chi connectivity index (χ2n) is 9.68. The number of carboxylic acid groups (broad SMARTS) is 1. The minimum absolute atomic E-state index is 0.385. The molecule has 1 atom stereocenters. The normalized spacial score (nSPS) is 12.7. The number of hydrogen-bond acceptors (Lipinski definition) is 4. The molecule has 1 unspecified atom stereocenters. The van der Waals surface area contributed by atoms with Gasteiger partial charge in [-0.25, -0.2) is 9.48 Å². The molecule has 5 rings (SSSR count).